The molecule has 7 heteroatoms. The highest BCUT2D eigenvalue weighted by molar-refractivity contribution is 7.99. The first-order valence-electron chi connectivity index (χ1n) is 9.44. The van der Waals surface area contributed by atoms with Gasteiger partial charge in [-0.2, -0.15) is 0 Å². The molecule has 2 rings (SSSR count). The van der Waals surface area contributed by atoms with Gasteiger partial charge in [-0.3, -0.25) is 9.59 Å². The second-order valence-electron chi connectivity index (χ2n) is 6.78. The minimum atomic E-state index is -0.557. The van der Waals surface area contributed by atoms with E-state index in [4.69, 9.17) is 23.2 Å². The number of likely N-dealkylation sites (N-methyl/N-ethyl adjacent to an activating group) is 1. The lowest BCUT2D eigenvalue weighted by Gasteiger charge is -2.30. The Bertz CT molecular complexity index is 860. The summed E-state index contributed by atoms with van der Waals surface area (Å²) in [5.41, 5.74) is 3.13. The molecule has 0 heterocycles. The van der Waals surface area contributed by atoms with Crippen LogP contribution in [0.5, 0.6) is 0 Å². The van der Waals surface area contributed by atoms with Crippen molar-refractivity contribution in [3.8, 4) is 0 Å². The fourth-order valence-corrected chi connectivity index (χ4v) is 4.39. The van der Waals surface area contributed by atoms with Crippen LogP contribution >= 0.6 is 35.0 Å². The quantitative estimate of drug-likeness (QED) is 0.576. The molecule has 156 valence electrons. The first-order chi connectivity index (χ1) is 13.8. The molecule has 0 saturated carbocycles. The van der Waals surface area contributed by atoms with Crippen molar-refractivity contribution in [1.29, 1.82) is 0 Å². The number of halogens is 2. The van der Waals surface area contributed by atoms with Crippen molar-refractivity contribution < 1.29 is 9.59 Å². The molecular weight excluding hydrogens is 427 g/mol. The third-order valence-electron chi connectivity index (χ3n) is 4.56. The molecule has 2 aromatic carbocycles. The van der Waals surface area contributed by atoms with Gasteiger partial charge in [0, 0.05) is 29.4 Å². The Morgan fingerprint density at radius 1 is 1.17 bits per heavy atom. The smallest absolute Gasteiger partial charge is 0.242 e. The van der Waals surface area contributed by atoms with Crippen molar-refractivity contribution >= 4 is 46.8 Å². The molecule has 0 saturated heterocycles. The van der Waals surface area contributed by atoms with Crippen LogP contribution in [0.25, 0.3) is 0 Å². The highest BCUT2D eigenvalue weighted by Crippen LogP contribution is 2.24. The minimum absolute atomic E-state index is 0.0934. The van der Waals surface area contributed by atoms with E-state index in [0.29, 0.717) is 16.5 Å². The second kappa shape index (κ2) is 11.5. The van der Waals surface area contributed by atoms with Gasteiger partial charge in [0.05, 0.1) is 5.75 Å². The van der Waals surface area contributed by atoms with Crippen LogP contribution in [0.4, 0.5) is 0 Å². The van der Waals surface area contributed by atoms with E-state index >= 15 is 0 Å². The average molecular weight is 453 g/mol. The Balaban J connectivity index is 2.14. The summed E-state index contributed by atoms with van der Waals surface area (Å²) < 4.78 is 0. The third kappa shape index (κ3) is 6.95. The van der Waals surface area contributed by atoms with Gasteiger partial charge in [-0.05, 0) is 36.6 Å². The first kappa shape index (κ1) is 23.6. The predicted molar refractivity (Wildman–Crippen MR) is 122 cm³/mol. The Morgan fingerprint density at radius 3 is 2.55 bits per heavy atom. The summed E-state index contributed by atoms with van der Waals surface area (Å²) in [6.07, 6.45) is 0.513. The van der Waals surface area contributed by atoms with Crippen LogP contribution in [0, 0.1) is 6.92 Å². The van der Waals surface area contributed by atoms with Gasteiger partial charge in [-0.15, -0.1) is 11.8 Å². The Hall–Kier alpha value is -1.69. The van der Waals surface area contributed by atoms with Crippen molar-refractivity contribution in [2.45, 2.75) is 38.6 Å². The Morgan fingerprint density at radius 2 is 1.93 bits per heavy atom. The molecule has 2 aromatic rings. The molecule has 29 heavy (non-hydrogen) atoms. The zero-order valence-electron chi connectivity index (χ0n) is 16.9. The highest BCUT2D eigenvalue weighted by atomic mass is 35.5. The van der Waals surface area contributed by atoms with Crippen LogP contribution < -0.4 is 5.32 Å². The van der Waals surface area contributed by atoms with Crippen molar-refractivity contribution in [2.75, 3.05) is 12.8 Å². The summed E-state index contributed by atoms with van der Waals surface area (Å²) in [6.45, 7) is 4.20. The molecule has 0 spiro atoms. The lowest BCUT2D eigenvalue weighted by molar-refractivity contribution is -0.139. The maximum absolute atomic E-state index is 13.1. The fraction of sp³-hybridized carbons (Fsp3) is 0.364. The summed E-state index contributed by atoms with van der Waals surface area (Å²) in [5, 5.41) is 3.67. The molecule has 0 aromatic heterocycles. The number of thioether (sulfide) groups is 1. The molecule has 0 bridgehead atoms. The number of nitrogens with zero attached hydrogens (tertiary/aromatic N) is 1. The fourth-order valence-electron chi connectivity index (χ4n) is 3.06. The van der Waals surface area contributed by atoms with E-state index in [-0.39, 0.29) is 24.1 Å². The normalized spacial score (nSPS) is 11.8. The first-order valence-corrected chi connectivity index (χ1v) is 11.3. The number of rotatable bonds is 9. The molecule has 1 atom stereocenters. The maximum Gasteiger partial charge on any atom is 0.242 e. The van der Waals surface area contributed by atoms with Gasteiger partial charge in [-0.25, -0.2) is 0 Å². The number of benzene rings is 2. The SMILES string of the molecule is CC[C@H](C(=O)NC)N(Cc1ccc(Cl)cc1Cl)C(=O)CSCc1cccc(C)c1. The molecule has 0 unspecified atom stereocenters. The lowest BCUT2D eigenvalue weighted by Crippen LogP contribution is -2.48. The van der Waals surface area contributed by atoms with Crippen molar-refractivity contribution in [3.05, 3.63) is 69.2 Å². The van der Waals surface area contributed by atoms with Crippen molar-refractivity contribution in [3.63, 3.8) is 0 Å². The molecule has 0 fully saturated rings. The number of carbonyl (C=O) groups is 2. The van der Waals surface area contributed by atoms with E-state index in [0.717, 1.165) is 11.3 Å². The zero-order valence-corrected chi connectivity index (χ0v) is 19.2. The summed E-state index contributed by atoms with van der Waals surface area (Å²) in [4.78, 5) is 27.1. The molecule has 0 radical (unpaired) electrons. The van der Waals surface area contributed by atoms with Gasteiger partial charge in [0.25, 0.3) is 0 Å². The van der Waals surface area contributed by atoms with E-state index in [1.165, 1.54) is 22.9 Å². The van der Waals surface area contributed by atoms with Crippen LogP contribution in [0.15, 0.2) is 42.5 Å². The van der Waals surface area contributed by atoms with Crippen LogP contribution in [0.3, 0.4) is 0 Å². The molecule has 1 N–H and O–H groups in total. The number of aryl methyl sites for hydroxylation is 1. The van der Waals surface area contributed by atoms with E-state index in [9.17, 15) is 9.59 Å². The average Bonchev–Trinajstić information content (AvgIpc) is 2.69. The van der Waals surface area contributed by atoms with Gasteiger partial charge in [-0.1, -0.05) is 66.0 Å². The number of carbonyl (C=O) groups excluding carboxylic acids is 2. The largest absolute Gasteiger partial charge is 0.357 e. The summed E-state index contributed by atoms with van der Waals surface area (Å²) in [7, 11) is 1.58. The topological polar surface area (TPSA) is 49.4 Å². The molecule has 0 aliphatic rings. The summed E-state index contributed by atoms with van der Waals surface area (Å²) in [6, 6.07) is 12.8. The highest BCUT2D eigenvalue weighted by Gasteiger charge is 2.28. The number of amides is 2. The monoisotopic (exact) mass is 452 g/mol. The molecular formula is C22H26Cl2N2O2S. The van der Waals surface area contributed by atoms with Crippen molar-refractivity contribution in [2.24, 2.45) is 0 Å². The van der Waals surface area contributed by atoms with E-state index in [2.05, 4.69) is 17.4 Å². The van der Waals surface area contributed by atoms with Gasteiger partial charge in [0.2, 0.25) is 11.8 Å². The standard InChI is InChI=1S/C22H26Cl2N2O2S/c1-4-20(22(28)25-3)26(12-17-8-9-18(23)11-19(17)24)21(27)14-29-13-16-7-5-6-15(2)10-16/h5-11,20H,4,12-14H2,1-3H3,(H,25,28)/t20-/m1/s1. The summed E-state index contributed by atoms with van der Waals surface area (Å²) >= 11 is 13.8. The third-order valence-corrected chi connectivity index (χ3v) is 6.14. The molecule has 4 nitrogen and oxygen atoms in total. The Kier molecular flexibility index (Phi) is 9.34. The Labute approximate surface area is 187 Å². The minimum Gasteiger partial charge on any atom is -0.357 e. The molecule has 0 aliphatic carbocycles. The van der Waals surface area contributed by atoms with Gasteiger partial charge in [0.1, 0.15) is 6.04 Å². The van der Waals surface area contributed by atoms with Crippen LogP contribution in [-0.4, -0.2) is 35.6 Å². The van der Waals surface area contributed by atoms with Gasteiger partial charge < -0.3 is 10.2 Å². The lowest BCUT2D eigenvalue weighted by atomic mass is 10.1. The number of nitrogens with one attached hydrogen (secondary N) is 1. The predicted octanol–water partition coefficient (Wildman–Crippen LogP) is 5.09. The number of hydrogen-bond acceptors (Lipinski definition) is 3. The van der Waals surface area contributed by atoms with E-state index in [1.54, 1.807) is 30.1 Å². The van der Waals surface area contributed by atoms with Gasteiger partial charge in [0.15, 0.2) is 0 Å². The molecule has 0 aliphatic heterocycles. The van der Waals surface area contributed by atoms with Crippen LogP contribution in [0.1, 0.15) is 30.0 Å². The van der Waals surface area contributed by atoms with Crippen LogP contribution in [-0.2, 0) is 21.9 Å². The maximum atomic E-state index is 13.1. The molecule has 2 amide bonds. The summed E-state index contributed by atoms with van der Waals surface area (Å²) in [5.74, 6) is 0.741. The van der Waals surface area contributed by atoms with E-state index < -0.39 is 6.04 Å². The van der Waals surface area contributed by atoms with E-state index in [1.807, 2.05) is 26.0 Å². The van der Waals surface area contributed by atoms with Crippen LogP contribution in [0.2, 0.25) is 10.0 Å². The second-order valence-corrected chi connectivity index (χ2v) is 8.61. The number of hydrogen-bond donors (Lipinski definition) is 1. The van der Waals surface area contributed by atoms with Crippen molar-refractivity contribution in [1.82, 2.24) is 10.2 Å². The van der Waals surface area contributed by atoms with Gasteiger partial charge >= 0.3 is 0 Å². The zero-order chi connectivity index (χ0) is 21.4.